The van der Waals surface area contributed by atoms with Gasteiger partial charge >= 0.3 is 11.9 Å². The van der Waals surface area contributed by atoms with Crippen molar-refractivity contribution in [3.05, 3.63) is 12.2 Å². The van der Waals surface area contributed by atoms with Crippen molar-refractivity contribution >= 4 is 11.9 Å². The number of fused-ring (bicyclic) bond motifs is 2. The summed E-state index contributed by atoms with van der Waals surface area (Å²) in [5.74, 6) is -1.03. The first kappa shape index (κ1) is 11.2. The summed E-state index contributed by atoms with van der Waals surface area (Å²) in [6.07, 6.45) is 5.33. The molecule has 1 saturated carbocycles. The van der Waals surface area contributed by atoms with Crippen LogP contribution in [0.1, 0.15) is 19.8 Å². The van der Waals surface area contributed by atoms with Crippen LogP contribution in [0.5, 0.6) is 0 Å². The molecule has 0 saturated heterocycles. The van der Waals surface area contributed by atoms with E-state index in [1.165, 1.54) is 14.2 Å². The molecule has 0 heterocycles. The minimum absolute atomic E-state index is 0.0763. The van der Waals surface area contributed by atoms with E-state index in [9.17, 15) is 9.59 Å². The van der Waals surface area contributed by atoms with E-state index in [1.807, 2.05) is 6.08 Å². The quantitative estimate of drug-likeness (QED) is 0.403. The van der Waals surface area contributed by atoms with Crippen molar-refractivity contribution in [3.63, 3.8) is 0 Å². The summed E-state index contributed by atoms with van der Waals surface area (Å²) in [5, 5.41) is 0. The van der Waals surface area contributed by atoms with E-state index in [2.05, 4.69) is 13.0 Å². The van der Waals surface area contributed by atoms with Crippen molar-refractivity contribution < 1.29 is 19.1 Å². The second-order valence-electron chi connectivity index (χ2n) is 4.96. The highest BCUT2D eigenvalue weighted by atomic mass is 16.5. The van der Waals surface area contributed by atoms with Gasteiger partial charge in [-0.25, -0.2) is 0 Å². The molecule has 0 aromatic rings. The average molecular weight is 224 g/mol. The van der Waals surface area contributed by atoms with Crippen molar-refractivity contribution in [1.29, 1.82) is 0 Å². The van der Waals surface area contributed by atoms with Crippen LogP contribution in [0.3, 0.4) is 0 Å². The lowest BCUT2D eigenvalue weighted by Gasteiger charge is -2.31. The third-order valence-electron chi connectivity index (χ3n) is 3.83. The Morgan fingerprint density at radius 1 is 1.25 bits per heavy atom. The Labute approximate surface area is 94.6 Å². The van der Waals surface area contributed by atoms with Crippen LogP contribution in [-0.2, 0) is 19.1 Å². The zero-order valence-electron chi connectivity index (χ0n) is 9.78. The molecule has 0 aromatic carbocycles. The van der Waals surface area contributed by atoms with Gasteiger partial charge in [0.1, 0.15) is 0 Å². The van der Waals surface area contributed by atoms with Gasteiger partial charge in [-0.1, -0.05) is 19.1 Å². The molecule has 2 aliphatic rings. The van der Waals surface area contributed by atoms with E-state index in [-0.39, 0.29) is 11.3 Å². The van der Waals surface area contributed by atoms with Crippen LogP contribution >= 0.6 is 0 Å². The van der Waals surface area contributed by atoms with Gasteiger partial charge in [0.2, 0.25) is 0 Å². The van der Waals surface area contributed by atoms with E-state index in [0.717, 1.165) is 6.42 Å². The number of methoxy groups -OCH3 is 2. The Morgan fingerprint density at radius 3 is 2.12 bits per heavy atom. The van der Waals surface area contributed by atoms with E-state index in [4.69, 9.17) is 9.47 Å². The van der Waals surface area contributed by atoms with Gasteiger partial charge in [-0.3, -0.25) is 9.59 Å². The van der Waals surface area contributed by atoms with Gasteiger partial charge in [-0.15, -0.1) is 0 Å². The molecule has 16 heavy (non-hydrogen) atoms. The number of carbonyl (C=O) groups is 2. The number of hydrogen-bond acceptors (Lipinski definition) is 4. The smallest absolute Gasteiger partial charge is 0.323 e. The summed E-state index contributed by atoms with van der Waals surface area (Å²) in [4.78, 5) is 23.8. The molecule has 0 aliphatic heterocycles. The molecule has 1 fully saturated rings. The minimum atomic E-state index is -1.12. The lowest BCUT2D eigenvalue weighted by Crippen LogP contribution is -2.45. The minimum Gasteiger partial charge on any atom is -0.468 e. The van der Waals surface area contributed by atoms with Crippen LogP contribution in [0.4, 0.5) is 0 Å². The Kier molecular flexibility index (Phi) is 2.33. The predicted molar refractivity (Wildman–Crippen MR) is 56.4 cm³/mol. The van der Waals surface area contributed by atoms with Crippen molar-refractivity contribution in [2.24, 2.45) is 16.7 Å². The SMILES string of the molecule is COC(=O)C1(C(=O)OC)CC2(C)C=CC1C2. The molecule has 88 valence electrons. The molecule has 4 nitrogen and oxygen atoms in total. The zero-order chi connectivity index (χ0) is 12.0. The molecule has 0 N–H and O–H groups in total. The number of allylic oxidation sites excluding steroid dienone is 2. The van der Waals surface area contributed by atoms with Gasteiger partial charge in [0, 0.05) is 5.92 Å². The topological polar surface area (TPSA) is 52.6 Å². The third kappa shape index (κ3) is 1.22. The maximum atomic E-state index is 11.9. The monoisotopic (exact) mass is 224 g/mol. The van der Waals surface area contributed by atoms with Crippen molar-refractivity contribution in [3.8, 4) is 0 Å². The Bertz CT molecular complexity index is 355. The highest BCUT2D eigenvalue weighted by molar-refractivity contribution is 6.01. The fraction of sp³-hybridized carbons (Fsp3) is 0.667. The fourth-order valence-electron chi connectivity index (χ4n) is 3.12. The van der Waals surface area contributed by atoms with Crippen LogP contribution in [0.25, 0.3) is 0 Å². The van der Waals surface area contributed by atoms with Gasteiger partial charge in [-0.2, -0.15) is 0 Å². The standard InChI is InChI=1S/C12H16O4/c1-11-5-4-8(6-11)12(7-11,9(13)15-2)10(14)16-3/h4-5,8H,6-7H2,1-3H3. The van der Waals surface area contributed by atoms with Crippen LogP contribution in [0.2, 0.25) is 0 Å². The van der Waals surface area contributed by atoms with Crippen molar-refractivity contribution in [1.82, 2.24) is 0 Å². The predicted octanol–water partition coefficient (Wildman–Crippen LogP) is 1.30. The fourth-order valence-corrected chi connectivity index (χ4v) is 3.12. The highest BCUT2D eigenvalue weighted by Crippen LogP contribution is 2.59. The molecule has 0 radical (unpaired) electrons. The van der Waals surface area contributed by atoms with Crippen LogP contribution in [0.15, 0.2) is 12.2 Å². The molecule has 2 aliphatic carbocycles. The molecule has 2 bridgehead atoms. The second-order valence-corrected chi connectivity index (χ2v) is 4.96. The molecule has 2 atom stereocenters. The molecule has 0 aromatic heterocycles. The Hall–Kier alpha value is -1.32. The third-order valence-corrected chi connectivity index (χ3v) is 3.83. The maximum Gasteiger partial charge on any atom is 0.323 e. The Morgan fingerprint density at radius 2 is 1.81 bits per heavy atom. The van der Waals surface area contributed by atoms with Gasteiger partial charge in [0.25, 0.3) is 0 Å². The first-order chi connectivity index (χ1) is 7.48. The summed E-state index contributed by atoms with van der Waals surface area (Å²) in [6.45, 7) is 2.05. The van der Waals surface area contributed by atoms with Gasteiger partial charge < -0.3 is 9.47 Å². The van der Waals surface area contributed by atoms with Crippen molar-refractivity contribution in [2.75, 3.05) is 14.2 Å². The van der Waals surface area contributed by atoms with Gasteiger partial charge in [0.15, 0.2) is 5.41 Å². The number of hydrogen-bond donors (Lipinski definition) is 0. The Balaban J connectivity index is 2.43. The lowest BCUT2D eigenvalue weighted by molar-refractivity contribution is -0.171. The van der Waals surface area contributed by atoms with Crippen LogP contribution in [0, 0.1) is 16.7 Å². The largest absolute Gasteiger partial charge is 0.468 e. The number of ether oxygens (including phenoxy) is 2. The summed E-state index contributed by atoms with van der Waals surface area (Å²) in [7, 11) is 2.62. The molecular formula is C12H16O4. The molecule has 0 amide bonds. The van der Waals surface area contributed by atoms with Crippen LogP contribution < -0.4 is 0 Å². The average Bonchev–Trinajstić information content (AvgIpc) is 2.80. The van der Waals surface area contributed by atoms with E-state index >= 15 is 0 Å². The maximum absolute atomic E-state index is 11.9. The van der Waals surface area contributed by atoms with Crippen LogP contribution in [-0.4, -0.2) is 26.2 Å². The van der Waals surface area contributed by atoms with Gasteiger partial charge in [-0.05, 0) is 18.3 Å². The lowest BCUT2D eigenvalue weighted by atomic mass is 9.73. The molecule has 2 rings (SSSR count). The first-order valence-electron chi connectivity index (χ1n) is 5.35. The van der Waals surface area contributed by atoms with E-state index in [1.54, 1.807) is 0 Å². The molecule has 4 heteroatoms. The van der Waals surface area contributed by atoms with E-state index < -0.39 is 17.4 Å². The molecular weight excluding hydrogens is 208 g/mol. The summed E-state index contributed by atoms with van der Waals surface area (Å²) < 4.78 is 9.57. The first-order valence-corrected chi connectivity index (χ1v) is 5.35. The summed E-state index contributed by atoms with van der Waals surface area (Å²) >= 11 is 0. The van der Waals surface area contributed by atoms with Gasteiger partial charge in [0.05, 0.1) is 14.2 Å². The molecule has 2 unspecified atom stereocenters. The second kappa shape index (κ2) is 3.34. The molecule has 0 spiro atoms. The van der Waals surface area contributed by atoms with E-state index in [0.29, 0.717) is 6.42 Å². The number of rotatable bonds is 2. The summed E-state index contributed by atoms with van der Waals surface area (Å²) in [6, 6.07) is 0. The number of carbonyl (C=O) groups excluding carboxylic acids is 2. The van der Waals surface area contributed by atoms with Crippen molar-refractivity contribution in [2.45, 2.75) is 19.8 Å². The zero-order valence-corrected chi connectivity index (χ0v) is 9.78. The number of esters is 2. The normalized spacial score (nSPS) is 33.8. The summed E-state index contributed by atoms with van der Waals surface area (Å²) in [5.41, 5.74) is -1.19. The highest BCUT2D eigenvalue weighted by Gasteiger charge is 2.64.